The molecule has 102 valence electrons. The molecule has 0 saturated carbocycles. The van der Waals surface area contributed by atoms with E-state index < -0.39 is 47.1 Å². The molecule has 0 rings (SSSR count). The average Bonchev–Trinajstić information content (AvgIpc) is 2.12. The van der Waals surface area contributed by atoms with Crippen molar-refractivity contribution < 1.29 is 26.7 Å². The molecule has 17 heavy (non-hydrogen) atoms. The first-order chi connectivity index (χ1) is 7.31. The molecule has 0 fully saturated rings. The molecule has 0 aliphatic rings. The lowest BCUT2D eigenvalue weighted by molar-refractivity contribution is -0.136. The van der Waals surface area contributed by atoms with E-state index in [1.54, 1.807) is 0 Å². The van der Waals surface area contributed by atoms with Gasteiger partial charge < -0.3 is 5.11 Å². The normalized spacial score (nSPS) is 15.5. The molecule has 0 radical (unpaired) electrons. The number of hydrogen-bond donors (Lipinski definition) is 1. The first kappa shape index (κ1) is 16.4. The Bertz CT molecular complexity index is 480. The number of carbonyl (C=O) groups is 1. The smallest absolute Gasteiger partial charge is 0.321 e. The van der Waals surface area contributed by atoms with Gasteiger partial charge in [-0.25, -0.2) is 16.8 Å². The number of carboxylic acid groups (broad SMARTS) is 1. The van der Waals surface area contributed by atoms with Gasteiger partial charge in [0.05, 0.1) is 16.3 Å². The highest BCUT2D eigenvalue weighted by Crippen LogP contribution is 2.17. The number of rotatable bonds is 5. The van der Waals surface area contributed by atoms with Gasteiger partial charge in [-0.05, 0) is 27.7 Å². The Morgan fingerprint density at radius 2 is 1.53 bits per heavy atom. The van der Waals surface area contributed by atoms with Crippen LogP contribution in [-0.2, 0) is 24.5 Å². The zero-order chi connectivity index (χ0) is 14.1. The number of carboxylic acids is 1. The summed E-state index contributed by atoms with van der Waals surface area (Å²) in [4.78, 5) is 10.5. The lowest BCUT2D eigenvalue weighted by Crippen LogP contribution is -2.36. The minimum absolute atomic E-state index is 0.559. The largest absolute Gasteiger partial charge is 0.480 e. The van der Waals surface area contributed by atoms with Gasteiger partial charge >= 0.3 is 5.97 Å². The molecule has 0 aliphatic carbocycles. The topological polar surface area (TPSA) is 106 Å². The quantitative estimate of drug-likeness (QED) is 0.767. The zero-order valence-electron chi connectivity index (χ0n) is 10.3. The van der Waals surface area contributed by atoms with Gasteiger partial charge in [0.15, 0.2) is 24.9 Å². The van der Waals surface area contributed by atoms with Gasteiger partial charge in [0.25, 0.3) is 0 Å². The van der Waals surface area contributed by atoms with Crippen molar-refractivity contribution in [1.29, 1.82) is 0 Å². The summed E-state index contributed by atoms with van der Waals surface area (Å²) in [6.07, 6.45) is 0. The third-order valence-corrected chi connectivity index (χ3v) is 7.37. The van der Waals surface area contributed by atoms with Gasteiger partial charge in [-0.15, -0.1) is 0 Å². The molecule has 0 saturated heterocycles. The van der Waals surface area contributed by atoms with Crippen LogP contribution in [0.1, 0.15) is 27.7 Å². The Balaban J connectivity index is 4.89. The molecule has 1 N–H and O–H groups in total. The maximum absolute atomic E-state index is 11.7. The van der Waals surface area contributed by atoms with E-state index in [2.05, 4.69) is 0 Å². The van der Waals surface area contributed by atoms with E-state index in [1.807, 2.05) is 0 Å². The van der Waals surface area contributed by atoms with E-state index in [0.717, 1.165) is 6.92 Å². The second kappa shape index (κ2) is 4.93. The Morgan fingerprint density at radius 1 is 1.12 bits per heavy atom. The van der Waals surface area contributed by atoms with Crippen LogP contribution in [-0.4, -0.2) is 49.4 Å². The van der Waals surface area contributed by atoms with Crippen LogP contribution in [0.25, 0.3) is 0 Å². The van der Waals surface area contributed by atoms with Crippen LogP contribution >= 0.6 is 0 Å². The molecule has 0 aliphatic heterocycles. The van der Waals surface area contributed by atoms with Crippen molar-refractivity contribution in [2.45, 2.75) is 37.7 Å². The molecule has 6 nitrogen and oxygen atoms in total. The highest BCUT2D eigenvalue weighted by molar-refractivity contribution is 7.96. The molecule has 0 aromatic carbocycles. The van der Waals surface area contributed by atoms with Crippen LogP contribution in [0.15, 0.2) is 0 Å². The third-order valence-electron chi connectivity index (χ3n) is 2.46. The van der Waals surface area contributed by atoms with Crippen molar-refractivity contribution in [3.05, 3.63) is 0 Å². The number of sulfone groups is 2. The molecule has 1 unspecified atom stereocenters. The monoisotopic (exact) mass is 286 g/mol. The summed E-state index contributed by atoms with van der Waals surface area (Å²) in [7, 11) is -7.49. The molecule has 0 aromatic rings. The second-order valence-electron chi connectivity index (χ2n) is 4.78. The Kier molecular flexibility index (Phi) is 4.75. The molecule has 0 spiro atoms. The first-order valence-corrected chi connectivity index (χ1v) is 8.35. The minimum atomic E-state index is -3.93. The third kappa shape index (κ3) is 4.27. The van der Waals surface area contributed by atoms with Crippen LogP contribution in [0, 0.1) is 0 Å². The highest BCUT2D eigenvalue weighted by Gasteiger charge is 2.33. The van der Waals surface area contributed by atoms with Crippen LogP contribution in [0.2, 0.25) is 0 Å². The van der Waals surface area contributed by atoms with Crippen LogP contribution in [0.3, 0.4) is 0 Å². The fourth-order valence-electron chi connectivity index (χ4n) is 0.862. The van der Waals surface area contributed by atoms with Crippen molar-refractivity contribution in [2.24, 2.45) is 0 Å². The summed E-state index contributed by atoms with van der Waals surface area (Å²) >= 11 is 0. The predicted molar refractivity (Wildman–Crippen MR) is 64.4 cm³/mol. The zero-order valence-corrected chi connectivity index (χ0v) is 11.9. The van der Waals surface area contributed by atoms with Gasteiger partial charge in [0.2, 0.25) is 0 Å². The van der Waals surface area contributed by atoms with E-state index >= 15 is 0 Å². The second-order valence-corrected chi connectivity index (χ2v) is 10.1. The van der Waals surface area contributed by atoms with Crippen molar-refractivity contribution in [2.75, 3.05) is 11.5 Å². The van der Waals surface area contributed by atoms with Crippen LogP contribution < -0.4 is 0 Å². The van der Waals surface area contributed by atoms with Crippen molar-refractivity contribution in [3.8, 4) is 0 Å². The van der Waals surface area contributed by atoms with Crippen molar-refractivity contribution >= 4 is 25.6 Å². The fourth-order valence-corrected chi connectivity index (χ4v) is 3.94. The lowest BCUT2D eigenvalue weighted by atomic mass is 10.3. The Morgan fingerprint density at radius 3 is 1.82 bits per heavy atom. The summed E-state index contributed by atoms with van der Waals surface area (Å²) in [5, 5.41) is 6.99. The molecule has 0 heterocycles. The van der Waals surface area contributed by atoms with Gasteiger partial charge in [-0.2, -0.15) is 0 Å². The Labute approximate surface area is 102 Å². The number of aliphatic carboxylic acids is 1. The molecular weight excluding hydrogens is 268 g/mol. The SMILES string of the molecule is CC(C(=O)O)S(=O)(=O)CCS(=O)(=O)C(C)(C)C. The predicted octanol–water partition coefficient (Wildman–Crippen LogP) is 0.0876. The van der Waals surface area contributed by atoms with E-state index in [1.165, 1.54) is 20.8 Å². The van der Waals surface area contributed by atoms with Gasteiger partial charge in [0, 0.05) is 0 Å². The van der Waals surface area contributed by atoms with Crippen LogP contribution in [0.4, 0.5) is 0 Å². The molecule has 1 atom stereocenters. The Hall–Kier alpha value is -0.630. The van der Waals surface area contributed by atoms with Crippen LogP contribution in [0.5, 0.6) is 0 Å². The molecule has 0 amide bonds. The lowest BCUT2D eigenvalue weighted by Gasteiger charge is -2.19. The van der Waals surface area contributed by atoms with E-state index in [4.69, 9.17) is 5.11 Å². The molecular formula is C9H18O6S2. The first-order valence-electron chi connectivity index (χ1n) is 4.98. The van der Waals surface area contributed by atoms with Gasteiger partial charge in [-0.1, -0.05) is 0 Å². The average molecular weight is 286 g/mol. The highest BCUT2D eigenvalue weighted by atomic mass is 32.2. The summed E-state index contributed by atoms with van der Waals surface area (Å²) in [6, 6.07) is 0. The molecule has 0 bridgehead atoms. The van der Waals surface area contributed by atoms with E-state index in [9.17, 15) is 21.6 Å². The maximum atomic E-state index is 11.7. The number of hydrogen-bond acceptors (Lipinski definition) is 5. The fraction of sp³-hybridized carbons (Fsp3) is 0.889. The van der Waals surface area contributed by atoms with E-state index in [-0.39, 0.29) is 0 Å². The molecule has 8 heteroatoms. The summed E-state index contributed by atoms with van der Waals surface area (Å²) in [5.74, 6) is -2.70. The standard InChI is InChI=1S/C9H18O6S2/c1-7(8(10)11)16(12,13)5-6-17(14,15)9(2,3)4/h7H,5-6H2,1-4H3,(H,10,11). The summed E-state index contributed by atoms with van der Waals surface area (Å²) in [5.41, 5.74) is 0. The van der Waals surface area contributed by atoms with Gasteiger partial charge in [0.1, 0.15) is 0 Å². The maximum Gasteiger partial charge on any atom is 0.321 e. The minimum Gasteiger partial charge on any atom is -0.480 e. The summed E-state index contributed by atoms with van der Waals surface area (Å²) in [6.45, 7) is 5.43. The van der Waals surface area contributed by atoms with Gasteiger partial charge in [-0.3, -0.25) is 4.79 Å². The summed E-state index contributed by atoms with van der Waals surface area (Å²) < 4.78 is 45.3. The van der Waals surface area contributed by atoms with Crippen molar-refractivity contribution in [1.82, 2.24) is 0 Å². The van der Waals surface area contributed by atoms with Crippen molar-refractivity contribution in [3.63, 3.8) is 0 Å². The van der Waals surface area contributed by atoms with E-state index in [0.29, 0.717) is 0 Å². The molecule has 0 aromatic heterocycles.